The van der Waals surface area contributed by atoms with Crippen LogP contribution in [0.2, 0.25) is 0 Å². The largest absolute Gasteiger partial charge is 0.393 e. The molecule has 30 heavy (non-hydrogen) atoms. The van der Waals surface area contributed by atoms with Crippen molar-refractivity contribution in [3.63, 3.8) is 0 Å². The summed E-state index contributed by atoms with van der Waals surface area (Å²) in [7, 11) is 0. The van der Waals surface area contributed by atoms with Gasteiger partial charge in [-0.05, 0) is 98.7 Å². The Labute approximate surface area is 186 Å². The number of allylic oxidation sites excluding steroid dienone is 4. The minimum Gasteiger partial charge on any atom is -0.393 e. The molecule has 0 aromatic heterocycles. The van der Waals surface area contributed by atoms with Crippen LogP contribution in [0.25, 0.3) is 0 Å². The van der Waals surface area contributed by atoms with Crippen molar-refractivity contribution in [2.75, 3.05) is 0 Å². The Kier molecular flexibility index (Phi) is 5.93. The lowest BCUT2D eigenvalue weighted by Gasteiger charge is -2.56. The first kappa shape index (κ1) is 22.4. The summed E-state index contributed by atoms with van der Waals surface area (Å²) >= 11 is 0. The predicted molar refractivity (Wildman–Crippen MR) is 128 cm³/mol. The maximum atomic E-state index is 10.5. The Bertz CT molecular complexity index is 743. The molecule has 0 radical (unpaired) electrons. The third-order valence-electron chi connectivity index (χ3n) is 10.7. The predicted octanol–water partition coefficient (Wildman–Crippen LogP) is 7.72. The summed E-state index contributed by atoms with van der Waals surface area (Å²) in [5.41, 5.74) is 5.42. The quantitative estimate of drug-likeness (QED) is 0.460. The van der Waals surface area contributed by atoms with Gasteiger partial charge in [-0.3, -0.25) is 0 Å². The van der Waals surface area contributed by atoms with E-state index < -0.39 is 0 Å². The molecule has 4 rings (SSSR count). The highest BCUT2D eigenvalue weighted by molar-refractivity contribution is 5.39. The van der Waals surface area contributed by atoms with Crippen LogP contribution in [0.4, 0.5) is 0 Å². The van der Waals surface area contributed by atoms with Gasteiger partial charge in [-0.2, -0.15) is 0 Å². The molecule has 0 aliphatic heterocycles. The topological polar surface area (TPSA) is 20.2 Å². The standard InChI is InChI=1S/C29H46O/c1-18(2)19(3)8-9-20(4)23-12-13-25-22-10-11-24-21(5)27(30)15-17-29(24,7)26(22)14-16-28(23,25)6/h10-11,19-21,23,25-27,30H,1,8-9,12-17H2,2-7H3/t19-,20+,21?,23+,25-,26-,27?,28+,29-/m0/s1. The highest BCUT2D eigenvalue weighted by Gasteiger charge is 2.57. The summed E-state index contributed by atoms with van der Waals surface area (Å²) in [5, 5.41) is 10.5. The molecule has 0 aromatic carbocycles. The van der Waals surface area contributed by atoms with Gasteiger partial charge in [0.15, 0.2) is 0 Å². The van der Waals surface area contributed by atoms with Crippen LogP contribution in [0.1, 0.15) is 92.9 Å². The molecule has 168 valence electrons. The molecule has 0 heterocycles. The van der Waals surface area contributed by atoms with E-state index in [1.165, 1.54) is 49.7 Å². The minimum absolute atomic E-state index is 0.147. The second-order valence-corrected chi connectivity index (χ2v) is 12.2. The normalized spacial score (nSPS) is 44.8. The molecule has 0 aromatic rings. The average Bonchev–Trinajstić information content (AvgIpc) is 3.06. The zero-order chi connectivity index (χ0) is 21.8. The van der Waals surface area contributed by atoms with Crippen LogP contribution in [-0.2, 0) is 0 Å². The smallest absolute Gasteiger partial charge is 0.0603 e. The Morgan fingerprint density at radius 3 is 2.50 bits per heavy atom. The maximum absolute atomic E-state index is 10.5. The van der Waals surface area contributed by atoms with Gasteiger partial charge in [0.1, 0.15) is 0 Å². The van der Waals surface area contributed by atoms with Crippen molar-refractivity contribution >= 4 is 0 Å². The molecule has 4 aliphatic rings. The van der Waals surface area contributed by atoms with Crippen LogP contribution < -0.4 is 0 Å². The second-order valence-electron chi connectivity index (χ2n) is 12.2. The monoisotopic (exact) mass is 410 g/mol. The van der Waals surface area contributed by atoms with Crippen molar-refractivity contribution in [1.29, 1.82) is 0 Å². The van der Waals surface area contributed by atoms with E-state index in [1.807, 2.05) is 0 Å². The van der Waals surface area contributed by atoms with E-state index in [-0.39, 0.29) is 11.5 Å². The third kappa shape index (κ3) is 3.39. The van der Waals surface area contributed by atoms with Crippen LogP contribution in [0.5, 0.6) is 0 Å². The van der Waals surface area contributed by atoms with Crippen LogP contribution >= 0.6 is 0 Å². The summed E-state index contributed by atoms with van der Waals surface area (Å²) < 4.78 is 0. The van der Waals surface area contributed by atoms with Crippen molar-refractivity contribution in [1.82, 2.24) is 0 Å². The van der Waals surface area contributed by atoms with Crippen molar-refractivity contribution in [3.8, 4) is 0 Å². The number of aliphatic hydroxyl groups is 1. The van der Waals surface area contributed by atoms with Crippen molar-refractivity contribution in [2.24, 2.45) is 46.3 Å². The zero-order valence-electron chi connectivity index (χ0n) is 20.5. The van der Waals surface area contributed by atoms with E-state index in [2.05, 4.69) is 60.3 Å². The lowest BCUT2D eigenvalue weighted by molar-refractivity contribution is 0.0158. The Hall–Kier alpha value is -0.820. The van der Waals surface area contributed by atoms with E-state index in [0.717, 1.165) is 30.6 Å². The fraction of sp³-hybridized carbons (Fsp3) is 0.793. The number of fused-ring (bicyclic) bond motifs is 5. The van der Waals surface area contributed by atoms with Gasteiger partial charge in [0.2, 0.25) is 0 Å². The summed E-state index contributed by atoms with van der Waals surface area (Å²) in [5.74, 6) is 4.14. The fourth-order valence-corrected chi connectivity index (χ4v) is 8.32. The summed E-state index contributed by atoms with van der Waals surface area (Å²) in [4.78, 5) is 0. The number of hydrogen-bond donors (Lipinski definition) is 1. The molecule has 2 unspecified atom stereocenters. The highest BCUT2D eigenvalue weighted by Crippen LogP contribution is 2.66. The molecule has 0 spiro atoms. The van der Waals surface area contributed by atoms with Gasteiger partial charge in [-0.15, -0.1) is 0 Å². The van der Waals surface area contributed by atoms with Crippen molar-refractivity contribution in [2.45, 2.75) is 99.0 Å². The molecule has 4 aliphatic carbocycles. The van der Waals surface area contributed by atoms with Crippen LogP contribution in [0.3, 0.4) is 0 Å². The first-order chi connectivity index (χ1) is 14.1. The van der Waals surface area contributed by atoms with Crippen LogP contribution in [0, 0.1) is 46.3 Å². The minimum atomic E-state index is -0.147. The Morgan fingerprint density at radius 2 is 1.80 bits per heavy atom. The van der Waals surface area contributed by atoms with Crippen molar-refractivity contribution in [3.05, 3.63) is 35.5 Å². The van der Waals surface area contributed by atoms with Gasteiger partial charge in [0, 0.05) is 5.92 Å². The van der Waals surface area contributed by atoms with Crippen LogP contribution in [0.15, 0.2) is 35.5 Å². The number of hydrogen-bond acceptors (Lipinski definition) is 1. The second kappa shape index (κ2) is 7.95. The van der Waals surface area contributed by atoms with E-state index in [1.54, 1.807) is 5.57 Å². The first-order valence-corrected chi connectivity index (χ1v) is 12.8. The number of aliphatic hydroxyl groups excluding tert-OH is 1. The lowest BCUT2D eigenvalue weighted by atomic mass is 9.49. The average molecular weight is 411 g/mol. The van der Waals surface area contributed by atoms with Gasteiger partial charge in [-0.1, -0.05) is 70.1 Å². The molecular weight excluding hydrogens is 364 g/mol. The Morgan fingerprint density at radius 1 is 1.07 bits per heavy atom. The molecule has 1 N–H and O–H groups in total. The molecule has 9 atom stereocenters. The summed E-state index contributed by atoms with van der Waals surface area (Å²) in [6.45, 7) is 18.7. The van der Waals surface area contributed by atoms with Gasteiger partial charge in [0.05, 0.1) is 6.10 Å². The van der Waals surface area contributed by atoms with Gasteiger partial charge >= 0.3 is 0 Å². The highest BCUT2D eigenvalue weighted by atomic mass is 16.3. The molecule has 1 nitrogen and oxygen atoms in total. The molecule has 0 saturated heterocycles. The van der Waals surface area contributed by atoms with E-state index in [4.69, 9.17) is 0 Å². The maximum Gasteiger partial charge on any atom is 0.0603 e. The molecule has 0 amide bonds. The zero-order valence-corrected chi connectivity index (χ0v) is 20.5. The SMILES string of the molecule is C=C(C)[C@@H](C)CC[C@@H](C)[C@H]1CC[C@H]2C3=CC=C4C(C)C(O)CC[C@]4(C)[C@H]3CC[C@]12C. The lowest BCUT2D eigenvalue weighted by Crippen LogP contribution is -2.48. The molecular formula is C29H46O. The molecule has 3 saturated carbocycles. The third-order valence-corrected chi connectivity index (χ3v) is 10.7. The molecule has 3 fully saturated rings. The van der Waals surface area contributed by atoms with Crippen LogP contribution in [-0.4, -0.2) is 11.2 Å². The van der Waals surface area contributed by atoms with E-state index in [0.29, 0.717) is 23.2 Å². The first-order valence-electron chi connectivity index (χ1n) is 12.8. The van der Waals surface area contributed by atoms with Gasteiger partial charge in [-0.25, -0.2) is 0 Å². The number of rotatable bonds is 5. The Balaban J connectivity index is 1.55. The molecule has 1 heteroatoms. The fourth-order valence-electron chi connectivity index (χ4n) is 8.32. The van der Waals surface area contributed by atoms with E-state index >= 15 is 0 Å². The van der Waals surface area contributed by atoms with E-state index in [9.17, 15) is 5.11 Å². The summed E-state index contributed by atoms with van der Waals surface area (Å²) in [6.07, 6.45) is 15.1. The van der Waals surface area contributed by atoms with Crippen molar-refractivity contribution < 1.29 is 5.11 Å². The summed E-state index contributed by atoms with van der Waals surface area (Å²) in [6, 6.07) is 0. The van der Waals surface area contributed by atoms with Gasteiger partial charge in [0.25, 0.3) is 0 Å². The molecule has 0 bridgehead atoms. The van der Waals surface area contributed by atoms with Gasteiger partial charge < -0.3 is 5.11 Å².